The van der Waals surface area contributed by atoms with Gasteiger partial charge < -0.3 is 9.80 Å². The van der Waals surface area contributed by atoms with Gasteiger partial charge in [-0.15, -0.1) is 0 Å². The summed E-state index contributed by atoms with van der Waals surface area (Å²) in [6.07, 6.45) is 0.449. The first-order valence-electron chi connectivity index (χ1n) is 8.44. The Morgan fingerprint density at radius 2 is 1.88 bits per heavy atom. The first-order chi connectivity index (χ1) is 11.7. The largest absolute Gasteiger partial charge is 0.339 e. The second-order valence-electron chi connectivity index (χ2n) is 6.89. The van der Waals surface area contributed by atoms with Crippen molar-refractivity contribution in [1.82, 2.24) is 14.5 Å². The summed E-state index contributed by atoms with van der Waals surface area (Å²) in [4.78, 5) is 16.8. The molecule has 1 saturated heterocycles. The summed E-state index contributed by atoms with van der Waals surface area (Å²) in [5, 5.41) is 0.341. The summed E-state index contributed by atoms with van der Waals surface area (Å²) < 4.78 is 27.9. The van der Waals surface area contributed by atoms with Crippen LogP contribution in [0, 0.1) is 5.92 Å². The molecule has 1 aromatic carbocycles. The average Bonchev–Trinajstić information content (AvgIpc) is 2.53. The molecule has 0 unspecified atom stereocenters. The van der Waals surface area contributed by atoms with E-state index in [0.29, 0.717) is 24.5 Å². The quantitative estimate of drug-likeness (QED) is 0.808. The highest BCUT2D eigenvalue weighted by Crippen LogP contribution is 2.18. The summed E-state index contributed by atoms with van der Waals surface area (Å²) in [6.45, 7) is 6.75. The van der Waals surface area contributed by atoms with Crippen molar-refractivity contribution in [2.24, 2.45) is 5.92 Å². The van der Waals surface area contributed by atoms with E-state index in [1.165, 1.54) is 12.1 Å². The fourth-order valence-electron chi connectivity index (χ4n) is 2.81. The van der Waals surface area contributed by atoms with Crippen molar-refractivity contribution in [3.8, 4) is 0 Å². The number of hydrogen-bond acceptors (Lipinski definition) is 4. The van der Waals surface area contributed by atoms with E-state index in [9.17, 15) is 13.2 Å². The minimum absolute atomic E-state index is 0.0694. The summed E-state index contributed by atoms with van der Waals surface area (Å²) in [5.41, 5.74) is 0. The molecular weight excluding hydrogens is 362 g/mol. The van der Waals surface area contributed by atoms with Gasteiger partial charge in [-0.25, -0.2) is 8.42 Å². The number of carbonyl (C=O) groups is 1. The Bertz CT molecular complexity index is 701. The normalized spacial score (nSPS) is 17.7. The molecule has 0 bridgehead atoms. The number of rotatable bonds is 6. The van der Waals surface area contributed by atoms with Gasteiger partial charge in [0.25, 0.3) is 0 Å². The van der Waals surface area contributed by atoms with Crippen LogP contribution in [0.15, 0.2) is 29.2 Å². The predicted octanol–water partition coefficient (Wildman–Crippen LogP) is 1.81. The van der Waals surface area contributed by atoms with Crippen LogP contribution in [0.5, 0.6) is 0 Å². The van der Waals surface area contributed by atoms with Crippen LogP contribution in [0.4, 0.5) is 0 Å². The van der Waals surface area contributed by atoms with Crippen LogP contribution < -0.4 is 4.72 Å². The number of carbonyl (C=O) groups excluding carboxylic acids is 1. The fraction of sp³-hybridized carbons (Fsp3) is 0.588. The number of likely N-dealkylation sites (N-methyl/N-ethyl adjacent to an activating group) is 1. The zero-order valence-electron chi connectivity index (χ0n) is 14.9. The number of sulfonamides is 1. The molecule has 1 N–H and O–H groups in total. The van der Waals surface area contributed by atoms with Crippen molar-refractivity contribution in [2.45, 2.75) is 31.2 Å². The third-order valence-electron chi connectivity index (χ3n) is 4.22. The topological polar surface area (TPSA) is 69.7 Å². The summed E-state index contributed by atoms with van der Waals surface area (Å²) in [5.74, 6) is 0.0240. The zero-order chi connectivity index (χ0) is 18.6. The number of halogens is 1. The van der Waals surface area contributed by atoms with Crippen LogP contribution in [0.3, 0.4) is 0 Å². The van der Waals surface area contributed by atoms with E-state index in [2.05, 4.69) is 9.62 Å². The van der Waals surface area contributed by atoms with Crippen molar-refractivity contribution in [2.75, 3.05) is 33.2 Å². The molecule has 2 rings (SSSR count). The smallest absolute Gasteiger partial charge is 0.241 e. The maximum atomic E-state index is 12.9. The van der Waals surface area contributed by atoms with Crippen LogP contribution in [-0.2, 0) is 14.8 Å². The Balaban J connectivity index is 2.18. The molecule has 8 heteroatoms. The Hall–Kier alpha value is -1.15. The van der Waals surface area contributed by atoms with Crippen molar-refractivity contribution < 1.29 is 13.2 Å². The average molecular weight is 388 g/mol. The second-order valence-corrected chi connectivity index (χ2v) is 9.04. The second kappa shape index (κ2) is 8.49. The van der Waals surface area contributed by atoms with E-state index in [4.69, 9.17) is 11.6 Å². The standard InChI is InChI=1S/C17H26ClN3O3S/c1-13(2)11-16(17(22)21-9-7-20(3)8-10-21)19-25(23,24)15-6-4-5-14(18)12-15/h4-6,12-13,16,19H,7-11H2,1-3H3/t16-/m0/s1. The Morgan fingerprint density at radius 1 is 1.24 bits per heavy atom. The molecule has 25 heavy (non-hydrogen) atoms. The lowest BCUT2D eigenvalue weighted by Crippen LogP contribution is -2.54. The van der Waals surface area contributed by atoms with E-state index < -0.39 is 16.1 Å². The van der Waals surface area contributed by atoms with E-state index >= 15 is 0 Å². The van der Waals surface area contributed by atoms with Crippen molar-refractivity contribution >= 4 is 27.5 Å². The van der Waals surface area contributed by atoms with Crippen LogP contribution in [-0.4, -0.2) is 63.4 Å². The molecule has 140 valence electrons. The van der Waals surface area contributed by atoms with Gasteiger partial charge in [0.2, 0.25) is 15.9 Å². The summed E-state index contributed by atoms with van der Waals surface area (Å²) in [6, 6.07) is 5.28. The molecule has 0 aromatic heterocycles. The Kier molecular flexibility index (Phi) is 6.85. The lowest BCUT2D eigenvalue weighted by atomic mass is 10.0. The van der Waals surface area contributed by atoms with Gasteiger partial charge in [0.05, 0.1) is 4.90 Å². The lowest BCUT2D eigenvalue weighted by Gasteiger charge is -2.35. The van der Waals surface area contributed by atoms with Gasteiger partial charge in [-0.05, 0) is 37.6 Å². The third-order valence-corrected chi connectivity index (χ3v) is 5.93. The first kappa shape index (κ1) is 20.2. The number of piperazine rings is 1. The van der Waals surface area contributed by atoms with Gasteiger partial charge in [0, 0.05) is 31.2 Å². The molecule has 1 amide bonds. The molecule has 1 fully saturated rings. The highest BCUT2D eigenvalue weighted by molar-refractivity contribution is 7.89. The molecule has 1 aliphatic heterocycles. The van der Waals surface area contributed by atoms with E-state index in [1.807, 2.05) is 20.9 Å². The molecule has 0 radical (unpaired) electrons. The molecule has 0 aliphatic carbocycles. The molecular formula is C17H26ClN3O3S. The van der Waals surface area contributed by atoms with Gasteiger partial charge >= 0.3 is 0 Å². The minimum Gasteiger partial charge on any atom is -0.339 e. The number of amides is 1. The van der Waals surface area contributed by atoms with E-state index in [1.54, 1.807) is 17.0 Å². The van der Waals surface area contributed by atoms with Crippen LogP contribution in [0.2, 0.25) is 5.02 Å². The van der Waals surface area contributed by atoms with Gasteiger partial charge in [0.1, 0.15) is 6.04 Å². The number of nitrogens with one attached hydrogen (secondary N) is 1. The molecule has 6 nitrogen and oxygen atoms in total. The SMILES string of the molecule is CC(C)C[C@H](NS(=O)(=O)c1cccc(Cl)c1)C(=O)N1CCN(C)CC1. The van der Waals surface area contributed by atoms with Gasteiger partial charge in [0.15, 0.2) is 0 Å². The van der Waals surface area contributed by atoms with E-state index in [0.717, 1.165) is 13.1 Å². The van der Waals surface area contributed by atoms with Gasteiger partial charge in [-0.2, -0.15) is 4.72 Å². The fourth-order valence-corrected chi connectivity index (χ4v) is 4.31. The number of hydrogen-bond donors (Lipinski definition) is 1. The molecule has 1 heterocycles. The van der Waals surface area contributed by atoms with Crippen molar-refractivity contribution in [3.05, 3.63) is 29.3 Å². The van der Waals surface area contributed by atoms with Crippen LogP contribution in [0.25, 0.3) is 0 Å². The maximum absolute atomic E-state index is 12.9. The molecule has 1 aliphatic rings. The molecule has 1 atom stereocenters. The van der Waals surface area contributed by atoms with Gasteiger partial charge in [-0.1, -0.05) is 31.5 Å². The lowest BCUT2D eigenvalue weighted by molar-refractivity contribution is -0.135. The highest BCUT2D eigenvalue weighted by Gasteiger charge is 2.31. The van der Waals surface area contributed by atoms with Crippen molar-refractivity contribution in [3.63, 3.8) is 0 Å². The van der Waals surface area contributed by atoms with Crippen LogP contribution >= 0.6 is 11.6 Å². The zero-order valence-corrected chi connectivity index (χ0v) is 16.5. The Morgan fingerprint density at radius 3 is 2.44 bits per heavy atom. The minimum atomic E-state index is -3.81. The highest BCUT2D eigenvalue weighted by atomic mass is 35.5. The monoisotopic (exact) mass is 387 g/mol. The molecule has 1 aromatic rings. The number of benzene rings is 1. The number of nitrogens with zero attached hydrogens (tertiary/aromatic N) is 2. The summed E-state index contributed by atoms with van der Waals surface area (Å²) >= 11 is 5.90. The first-order valence-corrected chi connectivity index (χ1v) is 10.3. The van der Waals surface area contributed by atoms with Crippen molar-refractivity contribution in [1.29, 1.82) is 0 Å². The summed E-state index contributed by atoms with van der Waals surface area (Å²) in [7, 11) is -1.81. The Labute approximate surface area is 155 Å². The molecule has 0 saturated carbocycles. The van der Waals surface area contributed by atoms with Gasteiger partial charge in [-0.3, -0.25) is 4.79 Å². The maximum Gasteiger partial charge on any atom is 0.241 e. The van der Waals surface area contributed by atoms with E-state index in [-0.39, 0.29) is 16.7 Å². The van der Waals surface area contributed by atoms with Crippen LogP contribution in [0.1, 0.15) is 20.3 Å². The molecule has 0 spiro atoms. The predicted molar refractivity (Wildman–Crippen MR) is 99.1 cm³/mol. The third kappa shape index (κ3) is 5.67.